The smallest absolute Gasteiger partial charge is 0.00106 e. The van der Waals surface area contributed by atoms with Gasteiger partial charge in [-0.25, -0.2) is 0 Å². The Morgan fingerprint density at radius 3 is 2.32 bits per heavy atom. The van der Waals surface area contributed by atoms with E-state index in [9.17, 15) is 0 Å². The third kappa shape index (κ3) is 5.65. The van der Waals surface area contributed by atoms with Crippen LogP contribution in [0.25, 0.3) is 0 Å². The lowest BCUT2D eigenvalue weighted by atomic mass is 9.95. The summed E-state index contributed by atoms with van der Waals surface area (Å²) in [5.41, 5.74) is 0. The number of piperidine rings is 1. The lowest BCUT2D eigenvalue weighted by molar-refractivity contribution is 0.148. The number of thiol groups is 1. The van der Waals surface area contributed by atoms with Crippen LogP contribution >= 0.6 is 12.6 Å². The minimum Gasteiger partial charge on any atom is -0.303 e. The van der Waals surface area contributed by atoms with Gasteiger partial charge in [0.25, 0.3) is 0 Å². The second kappa shape index (κ2) is 8.53. The summed E-state index contributed by atoms with van der Waals surface area (Å²) in [4.78, 5) is 5.38. The maximum atomic E-state index is 4.33. The first-order chi connectivity index (χ1) is 9.28. The average molecular weight is 285 g/mol. The van der Waals surface area contributed by atoms with Crippen LogP contribution in [0.2, 0.25) is 0 Å². The van der Waals surface area contributed by atoms with E-state index in [-0.39, 0.29) is 0 Å². The Hall–Kier alpha value is 0.270. The van der Waals surface area contributed by atoms with Crippen molar-refractivity contribution in [3.8, 4) is 0 Å². The zero-order valence-corrected chi connectivity index (χ0v) is 13.6. The van der Waals surface area contributed by atoms with Gasteiger partial charge in [0.1, 0.15) is 0 Å². The lowest BCUT2D eigenvalue weighted by Gasteiger charge is -2.34. The SMILES string of the molecule is CC(CCS)CCN1CCC(CN2CCCC2)CC1. The molecule has 2 heterocycles. The largest absolute Gasteiger partial charge is 0.303 e. The van der Waals surface area contributed by atoms with Crippen molar-refractivity contribution in [2.24, 2.45) is 11.8 Å². The quantitative estimate of drug-likeness (QED) is 0.718. The number of likely N-dealkylation sites (tertiary alicyclic amines) is 2. The van der Waals surface area contributed by atoms with Crippen LogP contribution in [0.5, 0.6) is 0 Å². The topological polar surface area (TPSA) is 6.48 Å². The third-order valence-corrected chi connectivity index (χ3v) is 5.24. The number of rotatable bonds is 7. The molecule has 0 radical (unpaired) electrons. The molecule has 1 atom stereocenters. The lowest BCUT2D eigenvalue weighted by Crippen LogP contribution is -2.38. The van der Waals surface area contributed by atoms with Crippen LogP contribution in [0.1, 0.15) is 45.4 Å². The van der Waals surface area contributed by atoms with Gasteiger partial charge in [0, 0.05) is 6.54 Å². The van der Waals surface area contributed by atoms with Gasteiger partial charge in [-0.2, -0.15) is 12.6 Å². The Labute approximate surface area is 125 Å². The van der Waals surface area contributed by atoms with E-state index in [4.69, 9.17) is 0 Å². The Morgan fingerprint density at radius 2 is 1.68 bits per heavy atom. The van der Waals surface area contributed by atoms with Crippen LogP contribution in [0, 0.1) is 11.8 Å². The summed E-state index contributed by atoms with van der Waals surface area (Å²) in [6.45, 7) is 10.5. The van der Waals surface area contributed by atoms with Crippen LogP contribution in [-0.4, -0.2) is 54.8 Å². The molecule has 0 aromatic heterocycles. The Morgan fingerprint density at radius 1 is 1.00 bits per heavy atom. The van der Waals surface area contributed by atoms with E-state index in [0.717, 1.165) is 17.6 Å². The molecule has 0 aromatic rings. The molecule has 112 valence electrons. The molecule has 2 aliphatic heterocycles. The second-order valence-corrected chi connectivity index (χ2v) is 7.15. The van der Waals surface area contributed by atoms with E-state index in [1.807, 2.05) is 0 Å². The normalized spacial score (nSPS) is 24.9. The van der Waals surface area contributed by atoms with Gasteiger partial charge in [-0.1, -0.05) is 6.92 Å². The van der Waals surface area contributed by atoms with Crippen molar-refractivity contribution in [2.45, 2.75) is 45.4 Å². The molecule has 2 saturated heterocycles. The van der Waals surface area contributed by atoms with Gasteiger partial charge in [-0.05, 0) is 88.8 Å². The molecule has 2 nitrogen and oxygen atoms in total. The third-order valence-electron chi connectivity index (χ3n) is 4.98. The summed E-state index contributed by atoms with van der Waals surface area (Å²) in [6.07, 6.45) is 8.35. The predicted molar refractivity (Wildman–Crippen MR) is 87.1 cm³/mol. The van der Waals surface area contributed by atoms with Gasteiger partial charge in [0.15, 0.2) is 0 Å². The maximum absolute atomic E-state index is 4.33. The molecule has 2 aliphatic rings. The molecule has 0 N–H and O–H groups in total. The molecule has 0 amide bonds. The highest BCUT2D eigenvalue weighted by atomic mass is 32.1. The molecule has 19 heavy (non-hydrogen) atoms. The van der Waals surface area contributed by atoms with Gasteiger partial charge >= 0.3 is 0 Å². The standard InChI is InChI=1S/C16H32N2S/c1-15(7-13-19)4-10-17-11-5-16(6-12-17)14-18-8-2-3-9-18/h15-16,19H,2-14H2,1H3. The fourth-order valence-corrected chi connectivity index (χ4v) is 3.93. The Kier molecular flexibility index (Phi) is 7.03. The summed E-state index contributed by atoms with van der Waals surface area (Å²) < 4.78 is 0. The minimum atomic E-state index is 0.847. The van der Waals surface area contributed by atoms with Crippen molar-refractivity contribution < 1.29 is 0 Å². The van der Waals surface area contributed by atoms with Crippen molar-refractivity contribution in [3.05, 3.63) is 0 Å². The first-order valence-electron chi connectivity index (χ1n) is 8.33. The van der Waals surface area contributed by atoms with E-state index in [1.54, 1.807) is 0 Å². The van der Waals surface area contributed by atoms with E-state index in [0.29, 0.717) is 0 Å². The zero-order chi connectivity index (χ0) is 13.5. The molecule has 3 heteroatoms. The van der Waals surface area contributed by atoms with Crippen LogP contribution in [0.15, 0.2) is 0 Å². The molecule has 0 bridgehead atoms. The summed E-state index contributed by atoms with van der Waals surface area (Å²) in [7, 11) is 0. The molecule has 2 fully saturated rings. The first kappa shape index (κ1) is 15.7. The summed E-state index contributed by atoms with van der Waals surface area (Å²) in [6, 6.07) is 0. The Bertz CT molecular complexity index is 233. The van der Waals surface area contributed by atoms with Crippen LogP contribution in [0.3, 0.4) is 0 Å². The van der Waals surface area contributed by atoms with E-state index in [2.05, 4.69) is 29.4 Å². The maximum Gasteiger partial charge on any atom is 0.00106 e. The van der Waals surface area contributed by atoms with Gasteiger partial charge in [0.2, 0.25) is 0 Å². The average Bonchev–Trinajstić information content (AvgIpc) is 2.91. The molecular formula is C16H32N2S. The minimum absolute atomic E-state index is 0.847. The van der Waals surface area contributed by atoms with Crippen molar-refractivity contribution in [1.82, 2.24) is 9.80 Å². The van der Waals surface area contributed by atoms with Crippen molar-refractivity contribution in [1.29, 1.82) is 0 Å². The fourth-order valence-electron chi connectivity index (χ4n) is 3.49. The molecular weight excluding hydrogens is 252 g/mol. The molecule has 2 rings (SSSR count). The highest BCUT2D eigenvalue weighted by Crippen LogP contribution is 2.21. The van der Waals surface area contributed by atoms with E-state index < -0.39 is 0 Å². The molecule has 0 saturated carbocycles. The molecule has 0 spiro atoms. The summed E-state index contributed by atoms with van der Waals surface area (Å²) >= 11 is 4.33. The van der Waals surface area contributed by atoms with E-state index in [1.165, 1.54) is 77.8 Å². The van der Waals surface area contributed by atoms with Gasteiger partial charge < -0.3 is 9.80 Å². The number of hydrogen-bond acceptors (Lipinski definition) is 3. The molecule has 0 aliphatic carbocycles. The van der Waals surface area contributed by atoms with Crippen molar-refractivity contribution in [3.63, 3.8) is 0 Å². The van der Waals surface area contributed by atoms with Crippen LogP contribution in [0.4, 0.5) is 0 Å². The summed E-state index contributed by atoms with van der Waals surface area (Å²) in [5.74, 6) is 2.86. The summed E-state index contributed by atoms with van der Waals surface area (Å²) in [5, 5.41) is 0. The van der Waals surface area contributed by atoms with Gasteiger partial charge in [0.05, 0.1) is 0 Å². The van der Waals surface area contributed by atoms with Gasteiger partial charge in [-0.15, -0.1) is 0 Å². The van der Waals surface area contributed by atoms with Crippen LogP contribution < -0.4 is 0 Å². The monoisotopic (exact) mass is 284 g/mol. The van der Waals surface area contributed by atoms with Crippen molar-refractivity contribution in [2.75, 3.05) is 45.0 Å². The molecule has 0 aromatic carbocycles. The zero-order valence-electron chi connectivity index (χ0n) is 12.7. The predicted octanol–water partition coefficient (Wildman–Crippen LogP) is 3.14. The van der Waals surface area contributed by atoms with Crippen LogP contribution in [-0.2, 0) is 0 Å². The molecule has 1 unspecified atom stereocenters. The number of nitrogens with zero attached hydrogens (tertiary/aromatic N) is 2. The Balaban J connectivity index is 1.56. The second-order valence-electron chi connectivity index (χ2n) is 6.70. The number of hydrogen-bond donors (Lipinski definition) is 1. The first-order valence-corrected chi connectivity index (χ1v) is 8.96. The van der Waals surface area contributed by atoms with E-state index >= 15 is 0 Å². The van der Waals surface area contributed by atoms with Gasteiger partial charge in [-0.3, -0.25) is 0 Å². The van der Waals surface area contributed by atoms with Crippen molar-refractivity contribution >= 4 is 12.6 Å². The fraction of sp³-hybridized carbons (Fsp3) is 1.00. The highest BCUT2D eigenvalue weighted by molar-refractivity contribution is 7.80. The highest BCUT2D eigenvalue weighted by Gasteiger charge is 2.22.